The summed E-state index contributed by atoms with van der Waals surface area (Å²) in [5.41, 5.74) is -0.476. The lowest BCUT2D eigenvalue weighted by Gasteiger charge is -2.28. The highest BCUT2D eigenvalue weighted by molar-refractivity contribution is 5.75. The number of ether oxygens (including phenoxy) is 2. The second-order valence-electron chi connectivity index (χ2n) is 4.59. The number of carbonyl (C=O) groups is 1. The number of carbonyl (C=O) groups excluding carboxylic acids is 1. The highest BCUT2D eigenvalue weighted by Crippen LogP contribution is 2.17. The molecule has 1 rings (SSSR count). The van der Waals surface area contributed by atoms with Crippen LogP contribution in [0.2, 0.25) is 0 Å². The molecule has 2 atom stereocenters. The number of aliphatic hydroxyl groups is 1. The van der Waals surface area contributed by atoms with Gasteiger partial charge in [0, 0.05) is 0 Å². The van der Waals surface area contributed by atoms with Crippen molar-refractivity contribution in [3.05, 3.63) is 0 Å². The SMILES string of the molecule is CC(C)(C)OC(=O)C1CCC(O)CO1. The molecule has 1 fully saturated rings. The van der Waals surface area contributed by atoms with E-state index in [0.29, 0.717) is 12.8 Å². The van der Waals surface area contributed by atoms with Gasteiger partial charge in [-0.2, -0.15) is 0 Å². The van der Waals surface area contributed by atoms with Crippen molar-refractivity contribution in [2.24, 2.45) is 0 Å². The summed E-state index contributed by atoms with van der Waals surface area (Å²) in [6.07, 6.45) is 0.200. The van der Waals surface area contributed by atoms with Crippen LogP contribution in [0.25, 0.3) is 0 Å². The Bertz CT molecular complexity index is 199. The Morgan fingerprint density at radius 2 is 2.07 bits per heavy atom. The lowest BCUT2D eigenvalue weighted by molar-refractivity contribution is -0.175. The fourth-order valence-electron chi connectivity index (χ4n) is 1.29. The highest BCUT2D eigenvalue weighted by atomic mass is 16.6. The summed E-state index contributed by atoms with van der Waals surface area (Å²) in [7, 11) is 0. The maximum Gasteiger partial charge on any atom is 0.335 e. The van der Waals surface area contributed by atoms with Gasteiger partial charge in [-0.05, 0) is 33.6 Å². The van der Waals surface area contributed by atoms with Crippen molar-refractivity contribution in [3.63, 3.8) is 0 Å². The quantitative estimate of drug-likeness (QED) is 0.641. The van der Waals surface area contributed by atoms with Gasteiger partial charge in [0.2, 0.25) is 0 Å². The number of rotatable bonds is 1. The zero-order valence-corrected chi connectivity index (χ0v) is 8.95. The second-order valence-corrected chi connectivity index (χ2v) is 4.59. The Morgan fingerprint density at radius 1 is 1.43 bits per heavy atom. The molecule has 4 heteroatoms. The zero-order chi connectivity index (χ0) is 10.8. The Morgan fingerprint density at radius 3 is 2.50 bits per heavy atom. The van der Waals surface area contributed by atoms with Crippen LogP contribution in [0, 0.1) is 0 Å². The third kappa shape index (κ3) is 3.64. The fourth-order valence-corrected chi connectivity index (χ4v) is 1.29. The monoisotopic (exact) mass is 202 g/mol. The summed E-state index contributed by atoms with van der Waals surface area (Å²) >= 11 is 0. The molecule has 0 aromatic heterocycles. The van der Waals surface area contributed by atoms with E-state index >= 15 is 0 Å². The molecule has 0 saturated carbocycles. The van der Waals surface area contributed by atoms with E-state index in [1.165, 1.54) is 0 Å². The molecule has 1 N–H and O–H groups in total. The smallest absolute Gasteiger partial charge is 0.335 e. The van der Waals surface area contributed by atoms with Crippen LogP contribution in [0.3, 0.4) is 0 Å². The summed E-state index contributed by atoms with van der Waals surface area (Å²) in [6.45, 7) is 5.69. The first-order chi connectivity index (χ1) is 6.38. The molecule has 0 bridgehead atoms. The normalized spacial score (nSPS) is 28.6. The first-order valence-corrected chi connectivity index (χ1v) is 4.91. The molecule has 0 spiro atoms. The molecular formula is C10H18O4. The van der Waals surface area contributed by atoms with Gasteiger partial charge in [-0.15, -0.1) is 0 Å². The molecule has 0 radical (unpaired) electrons. The van der Waals surface area contributed by atoms with Gasteiger partial charge in [-0.1, -0.05) is 0 Å². The van der Waals surface area contributed by atoms with Crippen molar-refractivity contribution in [2.45, 2.75) is 51.4 Å². The largest absolute Gasteiger partial charge is 0.458 e. The van der Waals surface area contributed by atoms with Gasteiger partial charge in [0.15, 0.2) is 6.10 Å². The minimum atomic E-state index is -0.502. The summed E-state index contributed by atoms with van der Waals surface area (Å²) in [4.78, 5) is 11.5. The summed E-state index contributed by atoms with van der Waals surface area (Å²) in [5, 5.41) is 9.16. The Balaban J connectivity index is 2.38. The van der Waals surface area contributed by atoms with Crippen molar-refractivity contribution in [2.75, 3.05) is 6.61 Å². The summed E-state index contributed by atoms with van der Waals surface area (Å²) < 4.78 is 10.3. The number of hydrogen-bond acceptors (Lipinski definition) is 4. The zero-order valence-electron chi connectivity index (χ0n) is 8.95. The van der Waals surface area contributed by atoms with Crippen LogP contribution < -0.4 is 0 Å². The minimum Gasteiger partial charge on any atom is -0.458 e. The lowest BCUT2D eigenvalue weighted by atomic mass is 10.1. The van der Waals surface area contributed by atoms with Crippen LogP contribution in [-0.2, 0) is 14.3 Å². The van der Waals surface area contributed by atoms with Gasteiger partial charge in [-0.25, -0.2) is 4.79 Å². The molecule has 2 unspecified atom stereocenters. The standard InChI is InChI=1S/C10H18O4/c1-10(2,3)14-9(12)8-5-4-7(11)6-13-8/h7-8,11H,4-6H2,1-3H3. The molecule has 4 nitrogen and oxygen atoms in total. The van der Waals surface area contributed by atoms with Gasteiger partial charge in [0.05, 0.1) is 12.7 Å². The van der Waals surface area contributed by atoms with Gasteiger partial charge in [0.25, 0.3) is 0 Å². The molecular weight excluding hydrogens is 184 g/mol. The highest BCUT2D eigenvalue weighted by Gasteiger charge is 2.29. The van der Waals surface area contributed by atoms with E-state index in [0.717, 1.165) is 0 Å². The number of esters is 1. The van der Waals surface area contributed by atoms with Crippen LogP contribution in [0.15, 0.2) is 0 Å². The summed E-state index contributed by atoms with van der Waals surface area (Å²) in [6, 6.07) is 0. The van der Waals surface area contributed by atoms with Gasteiger partial charge < -0.3 is 14.6 Å². The van der Waals surface area contributed by atoms with Crippen LogP contribution >= 0.6 is 0 Å². The molecule has 1 aliphatic rings. The minimum absolute atomic E-state index is 0.226. The molecule has 0 amide bonds. The predicted molar refractivity (Wildman–Crippen MR) is 50.8 cm³/mol. The average molecular weight is 202 g/mol. The van der Waals surface area contributed by atoms with Crippen LogP contribution in [-0.4, -0.2) is 35.5 Å². The summed E-state index contributed by atoms with van der Waals surface area (Å²) in [5.74, 6) is -0.329. The number of aliphatic hydroxyl groups excluding tert-OH is 1. The fraction of sp³-hybridized carbons (Fsp3) is 0.900. The van der Waals surface area contributed by atoms with Crippen LogP contribution in [0.4, 0.5) is 0 Å². The topological polar surface area (TPSA) is 55.8 Å². The molecule has 1 aliphatic heterocycles. The number of hydrogen-bond donors (Lipinski definition) is 1. The molecule has 14 heavy (non-hydrogen) atoms. The predicted octanol–water partition coefficient (Wildman–Crippen LogP) is 0.868. The van der Waals surface area contributed by atoms with Crippen molar-refractivity contribution >= 4 is 5.97 Å². The molecule has 0 aromatic rings. The molecule has 82 valence electrons. The first kappa shape index (κ1) is 11.5. The third-order valence-electron chi connectivity index (χ3n) is 1.92. The van der Waals surface area contributed by atoms with E-state index in [-0.39, 0.29) is 12.6 Å². The maximum atomic E-state index is 11.5. The van der Waals surface area contributed by atoms with Crippen molar-refractivity contribution in [1.29, 1.82) is 0 Å². The second kappa shape index (κ2) is 4.28. The van der Waals surface area contributed by atoms with E-state index in [9.17, 15) is 4.79 Å². The first-order valence-electron chi connectivity index (χ1n) is 4.91. The molecule has 0 aromatic carbocycles. The van der Waals surface area contributed by atoms with E-state index < -0.39 is 17.8 Å². The third-order valence-corrected chi connectivity index (χ3v) is 1.92. The van der Waals surface area contributed by atoms with Crippen molar-refractivity contribution in [1.82, 2.24) is 0 Å². The molecule has 0 aliphatic carbocycles. The Kier molecular flexibility index (Phi) is 3.50. The average Bonchev–Trinajstić information content (AvgIpc) is 2.02. The molecule has 1 saturated heterocycles. The van der Waals surface area contributed by atoms with Gasteiger partial charge >= 0.3 is 5.97 Å². The van der Waals surface area contributed by atoms with E-state index in [4.69, 9.17) is 14.6 Å². The van der Waals surface area contributed by atoms with Gasteiger partial charge in [0.1, 0.15) is 5.60 Å². The van der Waals surface area contributed by atoms with Crippen LogP contribution in [0.5, 0.6) is 0 Å². The van der Waals surface area contributed by atoms with Crippen molar-refractivity contribution < 1.29 is 19.4 Å². The van der Waals surface area contributed by atoms with Crippen LogP contribution in [0.1, 0.15) is 33.6 Å². The van der Waals surface area contributed by atoms with E-state index in [1.54, 1.807) is 0 Å². The maximum absolute atomic E-state index is 11.5. The van der Waals surface area contributed by atoms with E-state index in [1.807, 2.05) is 20.8 Å². The lowest BCUT2D eigenvalue weighted by Crippen LogP contribution is -2.38. The van der Waals surface area contributed by atoms with Crippen molar-refractivity contribution in [3.8, 4) is 0 Å². The van der Waals surface area contributed by atoms with E-state index in [2.05, 4.69) is 0 Å². The Labute approximate surface area is 84.2 Å². The van der Waals surface area contributed by atoms with Gasteiger partial charge in [-0.3, -0.25) is 0 Å². The molecule has 1 heterocycles. The Hall–Kier alpha value is -0.610.